The van der Waals surface area contributed by atoms with Crippen molar-refractivity contribution in [3.63, 3.8) is 0 Å². The Morgan fingerprint density at radius 2 is 1.78 bits per heavy atom. The molecule has 0 aliphatic rings. The Hall–Kier alpha value is -4.00. The molecule has 0 saturated heterocycles. The summed E-state index contributed by atoms with van der Waals surface area (Å²) in [5, 5.41) is 12.9. The largest absolute Gasteiger partial charge is 0.490 e. The second-order valence-corrected chi connectivity index (χ2v) is 7.62. The molecule has 0 radical (unpaired) electrons. The minimum Gasteiger partial charge on any atom is -0.490 e. The molecule has 0 bridgehead atoms. The monoisotopic (exact) mass is 432 g/mol. The molecule has 0 atom stereocenters. The van der Waals surface area contributed by atoms with Crippen LogP contribution >= 0.6 is 0 Å². The summed E-state index contributed by atoms with van der Waals surface area (Å²) in [4.78, 5) is 15.4. The van der Waals surface area contributed by atoms with Crippen LogP contribution in [-0.2, 0) is 0 Å². The Balaban J connectivity index is 1.72. The number of halogens is 1. The van der Waals surface area contributed by atoms with E-state index in [1.54, 1.807) is 0 Å². The standard InChI is InChI=1S/C25H21FN2O4/c1-14(2)31-22-13-17(9-10-19(22)18-7-5-4-6-15(18)3)24-27-23(28-32-24)16-8-11-20(25(29)30)21(26)12-16/h4-14H,1-3H3,(H,29,30). The zero-order valence-corrected chi connectivity index (χ0v) is 17.8. The molecule has 1 aromatic heterocycles. The van der Waals surface area contributed by atoms with Crippen LogP contribution in [0.1, 0.15) is 29.8 Å². The van der Waals surface area contributed by atoms with Gasteiger partial charge in [-0.05, 0) is 68.3 Å². The van der Waals surface area contributed by atoms with E-state index >= 15 is 0 Å². The third-order valence-corrected chi connectivity index (χ3v) is 4.91. The van der Waals surface area contributed by atoms with E-state index in [9.17, 15) is 9.18 Å². The highest BCUT2D eigenvalue weighted by molar-refractivity contribution is 5.88. The summed E-state index contributed by atoms with van der Waals surface area (Å²) in [6.07, 6.45) is -0.0398. The molecule has 4 rings (SSSR count). The number of carbonyl (C=O) groups is 1. The Kier molecular flexibility index (Phi) is 5.73. The summed E-state index contributed by atoms with van der Waals surface area (Å²) in [5.74, 6) is -1.12. The summed E-state index contributed by atoms with van der Waals surface area (Å²) in [7, 11) is 0. The average Bonchev–Trinajstić information content (AvgIpc) is 3.24. The number of nitrogens with zero attached hydrogens (tertiary/aromatic N) is 2. The number of carboxylic acids is 1. The van der Waals surface area contributed by atoms with Gasteiger partial charge in [0.05, 0.1) is 11.7 Å². The van der Waals surface area contributed by atoms with Gasteiger partial charge in [-0.3, -0.25) is 0 Å². The Bertz CT molecular complexity index is 1300. The Morgan fingerprint density at radius 3 is 2.47 bits per heavy atom. The van der Waals surface area contributed by atoms with Crippen LogP contribution in [0, 0.1) is 12.7 Å². The van der Waals surface area contributed by atoms with E-state index in [0.717, 1.165) is 22.8 Å². The predicted octanol–water partition coefficient (Wildman–Crippen LogP) is 6.00. The van der Waals surface area contributed by atoms with E-state index < -0.39 is 17.3 Å². The van der Waals surface area contributed by atoms with Gasteiger partial charge in [-0.1, -0.05) is 29.4 Å². The van der Waals surface area contributed by atoms with Gasteiger partial charge in [0.25, 0.3) is 5.89 Å². The van der Waals surface area contributed by atoms with E-state index in [1.807, 2.05) is 63.2 Å². The Labute approximate surface area is 184 Å². The number of carboxylic acid groups (broad SMARTS) is 1. The van der Waals surface area contributed by atoms with Crippen molar-refractivity contribution in [1.82, 2.24) is 10.1 Å². The van der Waals surface area contributed by atoms with Gasteiger partial charge >= 0.3 is 5.97 Å². The molecular formula is C25H21FN2O4. The van der Waals surface area contributed by atoms with Crippen LogP contribution in [0.25, 0.3) is 34.0 Å². The molecule has 0 aliphatic heterocycles. The quantitative estimate of drug-likeness (QED) is 0.402. The number of hydrogen-bond donors (Lipinski definition) is 1. The van der Waals surface area contributed by atoms with Gasteiger partial charge < -0.3 is 14.4 Å². The van der Waals surface area contributed by atoms with Crippen LogP contribution in [0.5, 0.6) is 5.75 Å². The molecule has 0 aliphatic carbocycles. The van der Waals surface area contributed by atoms with E-state index in [2.05, 4.69) is 10.1 Å². The summed E-state index contributed by atoms with van der Waals surface area (Å²) in [5.41, 5.74) is 3.69. The molecule has 3 aromatic carbocycles. The molecular weight excluding hydrogens is 411 g/mol. The van der Waals surface area contributed by atoms with Crippen LogP contribution in [0.3, 0.4) is 0 Å². The van der Waals surface area contributed by atoms with Gasteiger partial charge in [0.2, 0.25) is 5.82 Å². The van der Waals surface area contributed by atoms with Crippen molar-refractivity contribution < 1.29 is 23.6 Å². The highest BCUT2D eigenvalue weighted by Crippen LogP contribution is 2.36. The SMILES string of the molecule is Cc1ccccc1-c1ccc(-c2nc(-c3ccc(C(=O)O)c(F)c3)no2)cc1OC(C)C. The first kappa shape index (κ1) is 21.2. The Morgan fingerprint density at radius 1 is 1.03 bits per heavy atom. The molecule has 162 valence electrons. The average molecular weight is 432 g/mol. The van der Waals surface area contributed by atoms with Gasteiger partial charge in [0, 0.05) is 16.7 Å². The molecule has 7 heteroatoms. The number of ether oxygens (including phenoxy) is 1. The van der Waals surface area contributed by atoms with Crippen molar-refractivity contribution in [3.8, 4) is 39.7 Å². The fraction of sp³-hybridized carbons (Fsp3) is 0.160. The predicted molar refractivity (Wildman–Crippen MR) is 118 cm³/mol. The fourth-order valence-electron chi connectivity index (χ4n) is 3.39. The van der Waals surface area contributed by atoms with Gasteiger partial charge in [-0.2, -0.15) is 4.98 Å². The summed E-state index contributed by atoms with van der Waals surface area (Å²) in [6, 6.07) is 17.4. The summed E-state index contributed by atoms with van der Waals surface area (Å²) in [6.45, 7) is 5.95. The maximum Gasteiger partial charge on any atom is 0.338 e. The highest BCUT2D eigenvalue weighted by Gasteiger charge is 2.17. The van der Waals surface area contributed by atoms with Crippen molar-refractivity contribution in [3.05, 3.63) is 77.6 Å². The molecule has 1 heterocycles. The molecule has 6 nitrogen and oxygen atoms in total. The summed E-state index contributed by atoms with van der Waals surface area (Å²) < 4.78 is 25.5. The van der Waals surface area contributed by atoms with Crippen molar-refractivity contribution in [1.29, 1.82) is 0 Å². The zero-order valence-electron chi connectivity index (χ0n) is 17.8. The van der Waals surface area contributed by atoms with Crippen molar-refractivity contribution in [2.45, 2.75) is 26.9 Å². The van der Waals surface area contributed by atoms with Crippen molar-refractivity contribution in [2.24, 2.45) is 0 Å². The molecule has 0 saturated carbocycles. The van der Waals surface area contributed by atoms with Crippen molar-refractivity contribution >= 4 is 5.97 Å². The van der Waals surface area contributed by atoms with Gasteiger partial charge in [-0.15, -0.1) is 0 Å². The molecule has 0 amide bonds. The molecule has 0 fully saturated rings. The van der Waals surface area contributed by atoms with Gasteiger partial charge in [0.1, 0.15) is 11.6 Å². The minimum absolute atomic E-state index is 0.0398. The first-order chi connectivity index (χ1) is 15.3. The van der Waals surface area contributed by atoms with Crippen molar-refractivity contribution in [2.75, 3.05) is 0 Å². The molecule has 0 spiro atoms. The van der Waals surface area contributed by atoms with Gasteiger partial charge in [-0.25, -0.2) is 9.18 Å². The van der Waals surface area contributed by atoms with Crippen LogP contribution < -0.4 is 4.74 Å². The maximum atomic E-state index is 14.0. The second kappa shape index (κ2) is 8.63. The van der Waals surface area contributed by atoms with E-state index in [-0.39, 0.29) is 17.8 Å². The lowest BCUT2D eigenvalue weighted by atomic mass is 9.98. The van der Waals surface area contributed by atoms with Crippen LogP contribution in [0.4, 0.5) is 4.39 Å². The molecule has 4 aromatic rings. The van der Waals surface area contributed by atoms with E-state index in [1.165, 1.54) is 12.1 Å². The van der Waals surface area contributed by atoms with Gasteiger partial charge in [0.15, 0.2) is 0 Å². The minimum atomic E-state index is -1.34. The third-order valence-electron chi connectivity index (χ3n) is 4.91. The summed E-state index contributed by atoms with van der Waals surface area (Å²) >= 11 is 0. The van der Waals surface area contributed by atoms with E-state index in [0.29, 0.717) is 16.9 Å². The zero-order chi connectivity index (χ0) is 22.8. The second-order valence-electron chi connectivity index (χ2n) is 7.62. The van der Waals surface area contributed by atoms with Crippen LogP contribution in [-0.4, -0.2) is 27.3 Å². The third kappa shape index (κ3) is 4.23. The molecule has 32 heavy (non-hydrogen) atoms. The number of aryl methyl sites for hydroxylation is 1. The fourth-order valence-corrected chi connectivity index (χ4v) is 3.39. The number of aromatic carboxylic acids is 1. The van der Waals surface area contributed by atoms with Crippen LogP contribution in [0.15, 0.2) is 65.2 Å². The highest BCUT2D eigenvalue weighted by atomic mass is 19.1. The lowest BCUT2D eigenvalue weighted by molar-refractivity contribution is 0.0692. The number of benzene rings is 3. The first-order valence-electron chi connectivity index (χ1n) is 10.1. The number of rotatable bonds is 6. The van der Waals surface area contributed by atoms with E-state index in [4.69, 9.17) is 14.4 Å². The number of aromatic nitrogens is 2. The maximum absolute atomic E-state index is 14.0. The first-order valence-corrected chi connectivity index (χ1v) is 10.1. The topological polar surface area (TPSA) is 85.5 Å². The normalized spacial score (nSPS) is 11.0. The smallest absolute Gasteiger partial charge is 0.338 e. The lowest BCUT2D eigenvalue weighted by Crippen LogP contribution is -2.07. The lowest BCUT2D eigenvalue weighted by Gasteiger charge is -2.16. The number of hydrogen-bond acceptors (Lipinski definition) is 5. The molecule has 1 N–H and O–H groups in total. The van der Waals surface area contributed by atoms with Crippen LogP contribution in [0.2, 0.25) is 0 Å². The molecule has 0 unspecified atom stereocenters.